The minimum Gasteiger partial charge on any atom is -0.394 e. The van der Waals surface area contributed by atoms with Crippen molar-refractivity contribution >= 4 is 12.2 Å². The van der Waals surface area contributed by atoms with Crippen molar-refractivity contribution in [2.24, 2.45) is 0 Å². The van der Waals surface area contributed by atoms with Crippen LogP contribution in [0.2, 0.25) is 0 Å². The lowest BCUT2D eigenvalue weighted by molar-refractivity contribution is -0.270. The van der Waals surface area contributed by atoms with Crippen LogP contribution < -0.4 is 5.32 Å². The SMILES string of the molecule is CC(=O)N[C@@H]1C(OCCCCC=O)OC(CO)[C@H](O)C1O. The highest BCUT2D eigenvalue weighted by atomic mass is 16.7. The van der Waals surface area contributed by atoms with Crippen molar-refractivity contribution in [2.75, 3.05) is 13.2 Å². The van der Waals surface area contributed by atoms with Gasteiger partial charge in [-0.1, -0.05) is 0 Å². The van der Waals surface area contributed by atoms with Gasteiger partial charge in [0.15, 0.2) is 6.29 Å². The summed E-state index contributed by atoms with van der Waals surface area (Å²) in [6.07, 6.45) is -2.04. The molecule has 1 saturated heterocycles. The fourth-order valence-electron chi connectivity index (χ4n) is 2.14. The molecule has 8 heteroatoms. The van der Waals surface area contributed by atoms with Crippen molar-refractivity contribution < 1.29 is 34.4 Å². The molecule has 1 aliphatic rings. The summed E-state index contributed by atoms with van der Waals surface area (Å²) in [6, 6.07) is -0.925. The van der Waals surface area contributed by atoms with Gasteiger partial charge in [0.05, 0.1) is 6.61 Å². The van der Waals surface area contributed by atoms with Crippen molar-refractivity contribution in [2.45, 2.75) is 56.8 Å². The van der Waals surface area contributed by atoms with Gasteiger partial charge in [0.25, 0.3) is 0 Å². The first kappa shape index (κ1) is 18.0. The fourth-order valence-corrected chi connectivity index (χ4v) is 2.14. The van der Waals surface area contributed by atoms with Gasteiger partial charge in [-0.25, -0.2) is 0 Å². The second-order valence-corrected chi connectivity index (χ2v) is 4.97. The molecule has 3 unspecified atom stereocenters. The van der Waals surface area contributed by atoms with Crippen molar-refractivity contribution in [1.82, 2.24) is 5.32 Å². The average Bonchev–Trinajstić information content (AvgIpc) is 2.45. The highest BCUT2D eigenvalue weighted by Crippen LogP contribution is 2.22. The van der Waals surface area contributed by atoms with E-state index >= 15 is 0 Å². The number of aliphatic hydroxyl groups excluding tert-OH is 3. The van der Waals surface area contributed by atoms with Gasteiger partial charge in [0.1, 0.15) is 30.6 Å². The average molecular weight is 305 g/mol. The van der Waals surface area contributed by atoms with E-state index in [2.05, 4.69) is 5.32 Å². The van der Waals surface area contributed by atoms with E-state index in [9.17, 15) is 19.8 Å². The summed E-state index contributed by atoms with van der Waals surface area (Å²) in [5.74, 6) is -0.396. The molecule has 8 nitrogen and oxygen atoms in total. The van der Waals surface area contributed by atoms with Gasteiger partial charge >= 0.3 is 0 Å². The van der Waals surface area contributed by atoms with E-state index in [1.165, 1.54) is 6.92 Å². The second-order valence-electron chi connectivity index (χ2n) is 4.97. The minimum atomic E-state index is -1.32. The number of ether oxygens (including phenoxy) is 2. The van der Waals surface area contributed by atoms with Gasteiger partial charge in [-0.3, -0.25) is 4.79 Å². The zero-order valence-electron chi connectivity index (χ0n) is 12.0. The lowest BCUT2D eigenvalue weighted by Gasteiger charge is -2.42. The summed E-state index contributed by atoms with van der Waals surface area (Å²) in [7, 11) is 0. The van der Waals surface area contributed by atoms with E-state index in [0.29, 0.717) is 19.3 Å². The molecule has 5 atom stereocenters. The molecular formula is C13H23NO7. The summed E-state index contributed by atoms with van der Waals surface area (Å²) >= 11 is 0. The number of rotatable bonds is 8. The third kappa shape index (κ3) is 5.33. The Hall–Kier alpha value is -1.06. The van der Waals surface area contributed by atoms with Crippen molar-refractivity contribution in [3.8, 4) is 0 Å². The van der Waals surface area contributed by atoms with Crippen LogP contribution in [0.25, 0.3) is 0 Å². The summed E-state index contributed by atoms with van der Waals surface area (Å²) < 4.78 is 10.8. The van der Waals surface area contributed by atoms with Crippen LogP contribution in [0.15, 0.2) is 0 Å². The molecule has 4 N–H and O–H groups in total. The third-order valence-corrected chi connectivity index (χ3v) is 3.25. The zero-order valence-corrected chi connectivity index (χ0v) is 12.0. The molecule has 0 bridgehead atoms. The molecule has 0 aliphatic carbocycles. The van der Waals surface area contributed by atoms with E-state index in [4.69, 9.17) is 14.6 Å². The summed E-state index contributed by atoms with van der Waals surface area (Å²) in [5.41, 5.74) is 0. The Morgan fingerprint density at radius 2 is 2.05 bits per heavy atom. The van der Waals surface area contributed by atoms with E-state index in [1.54, 1.807) is 0 Å². The van der Waals surface area contributed by atoms with Gasteiger partial charge in [0, 0.05) is 20.0 Å². The molecule has 0 aromatic carbocycles. The molecule has 0 saturated carbocycles. The fraction of sp³-hybridized carbons (Fsp3) is 0.846. The molecule has 1 heterocycles. The predicted molar refractivity (Wildman–Crippen MR) is 71.2 cm³/mol. The molecule has 1 fully saturated rings. The largest absolute Gasteiger partial charge is 0.394 e. The van der Waals surface area contributed by atoms with Crippen LogP contribution in [0.5, 0.6) is 0 Å². The van der Waals surface area contributed by atoms with E-state index < -0.39 is 43.2 Å². The molecule has 0 aromatic heterocycles. The van der Waals surface area contributed by atoms with Crippen LogP contribution in [-0.2, 0) is 19.1 Å². The van der Waals surface area contributed by atoms with Crippen LogP contribution in [0.4, 0.5) is 0 Å². The van der Waals surface area contributed by atoms with Gasteiger partial charge in [-0.2, -0.15) is 0 Å². The monoisotopic (exact) mass is 305 g/mol. The minimum absolute atomic E-state index is 0.273. The Bertz CT molecular complexity index is 338. The topological polar surface area (TPSA) is 125 Å². The maximum Gasteiger partial charge on any atom is 0.217 e. The van der Waals surface area contributed by atoms with Crippen LogP contribution in [-0.4, -0.2) is 71.4 Å². The van der Waals surface area contributed by atoms with Crippen molar-refractivity contribution in [3.05, 3.63) is 0 Å². The highest BCUT2D eigenvalue weighted by molar-refractivity contribution is 5.73. The number of unbranched alkanes of at least 4 members (excludes halogenated alkanes) is 2. The Balaban J connectivity index is 2.60. The van der Waals surface area contributed by atoms with E-state index in [0.717, 1.165) is 6.29 Å². The first-order valence-corrected chi connectivity index (χ1v) is 6.96. The lowest BCUT2D eigenvalue weighted by atomic mass is 9.97. The van der Waals surface area contributed by atoms with Crippen molar-refractivity contribution in [3.63, 3.8) is 0 Å². The van der Waals surface area contributed by atoms with E-state index in [1.807, 2.05) is 0 Å². The second kappa shape index (κ2) is 9.06. The molecule has 21 heavy (non-hydrogen) atoms. The number of amides is 1. The predicted octanol–water partition coefficient (Wildman–Crippen LogP) is -1.68. The Morgan fingerprint density at radius 1 is 1.33 bits per heavy atom. The maximum absolute atomic E-state index is 11.2. The quantitative estimate of drug-likeness (QED) is 0.311. The number of hydrogen-bond donors (Lipinski definition) is 4. The number of aldehydes is 1. The number of hydrogen-bond acceptors (Lipinski definition) is 7. The van der Waals surface area contributed by atoms with E-state index in [-0.39, 0.29) is 6.61 Å². The smallest absolute Gasteiger partial charge is 0.217 e. The number of aliphatic hydroxyl groups is 3. The van der Waals surface area contributed by atoms with Gasteiger partial charge < -0.3 is 34.9 Å². The van der Waals surface area contributed by atoms with Crippen molar-refractivity contribution in [1.29, 1.82) is 0 Å². The molecule has 122 valence electrons. The van der Waals surface area contributed by atoms with Crippen LogP contribution in [0, 0.1) is 0 Å². The van der Waals surface area contributed by atoms with Gasteiger partial charge in [0.2, 0.25) is 5.91 Å². The highest BCUT2D eigenvalue weighted by Gasteiger charge is 2.45. The molecule has 0 aromatic rings. The standard InChI is InChI=1S/C13H23NO7/c1-8(17)14-10-12(19)11(18)9(7-16)21-13(10)20-6-4-2-3-5-15/h5,9-13,16,18-19H,2-4,6-7H2,1H3,(H,14,17)/t9?,10-,11-,12?,13?/m0/s1. The number of nitrogens with one attached hydrogen (secondary N) is 1. The summed E-state index contributed by atoms with van der Waals surface area (Å²) in [6.45, 7) is 1.07. The van der Waals surface area contributed by atoms with Crippen LogP contribution >= 0.6 is 0 Å². The first-order valence-electron chi connectivity index (χ1n) is 6.96. The number of carbonyl (C=O) groups is 2. The first-order chi connectivity index (χ1) is 10.0. The lowest BCUT2D eigenvalue weighted by Crippen LogP contribution is -2.64. The normalized spacial score (nSPS) is 32.7. The van der Waals surface area contributed by atoms with Gasteiger partial charge in [-0.15, -0.1) is 0 Å². The zero-order chi connectivity index (χ0) is 15.8. The number of carbonyl (C=O) groups excluding carboxylic acids is 2. The molecular weight excluding hydrogens is 282 g/mol. The summed E-state index contributed by atoms with van der Waals surface area (Å²) in [4.78, 5) is 21.4. The molecule has 1 aliphatic heterocycles. The van der Waals surface area contributed by atoms with Crippen LogP contribution in [0.3, 0.4) is 0 Å². The molecule has 1 amide bonds. The molecule has 0 radical (unpaired) electrons. The summed E-state index contributed by atoms with van der Waals surface area (Å²) in [5, 5.41) is 31.4. The Labute approximate surface area is 123 Å². The Morgan fingerprint density at radius 3 is 2.62 bits per heavy atom. The molecule has 1 rings (SSSR count). The van der Waals surface area contributed by atoms with Crippen LogP contribution in [0.1, 0.15) is 26.2 Å². The Kier molecular flexibility index (Phi) is 7.76. The van der Waals surface area contributed by atoms with Gasteiger partial charge in [-0.05, 0) is 12.8 Å². The third-order valence-electron chi connectivity index (χ3n) is 3.25. The maximum atomic E-state index is 11.2. The molecule has 0 spiro atoms.